The summed E-state index contributed by atoms with van der Waals surface area (Å²) in [6, 6.07) is 9.21. The lowest BCUT2D eigenvalue weighted by Gasteiger charge is -2.17. The van der Waals surface area contributed by atoms with Crippen molar-refractivity contribution in [2.24, 2.45) is 0 Å². The molecule has 3 aromatic rings. The van der Waals surface area contributed by atoms with Crippen molar-refractivity contribution in [3.63, 3.8) is 0 Å². The fraction of sp³-hybridized carbons (Fsp3) is 0.278. The molecule has 1 aromatic carbocycles. The summed E-state index contributed by atoms with van der Waals surface area (Å²) in [6.07, 6.45) is -3.55. The van der Waals surface area contributed by atoms with Crippen LogP contribution in [-0.2, 0) is 11.0 Å². The Bertz CT molecular complexity index is 990. The molecule has 0 radical (unpaired) electrons. The van der Waals surface area contributed by atoms with E-state index in [1.807, 2.05) is 25.1 Å². The maximum absolute atomic E-state index is 12.9. The summed E-state index contributed by atoms with van der Waals surface area (Å²) in [4.78, 5) is 12.3. The number of amides is 1. The van der Waals surface area contributed by atoms with Crippen LogP contribution in [-0.4, -0.2) is 33.4 Å². The van der Waals surface area contributed by atoms with Gasteiger partial charge < -0.3 is 10.1 Å². The lowest BCUT2D eigenvalue weighted by molar-refractivity contribution is -0.137. The van der Waals surface area contributed by atoms with Gasteiger partial charge in [-0.25, -0.2) is 0 Å². The second-order valence-corrected chi connectivity index (χ2v) is 6.89. The fourth-order valence-electron chi connectivity index (χ4n) is 2.65. The summed E-state index contributed by atoms with van der Waals surface area (Å²) in [5.74, 6) is 0.356. The molecule has 1 unspecified atom stereocenters. The summed E-state index contributed by atoms with van der Waals surface area (Å²) in [6.45, 7) is 1.82. The molecule has 2 heterocycles. The first kappa shape index (κ1) is 20.0. The topological polar surface area (TPSA) is 68.5 Å². The van der Waals surface area contributed by atoms with Crippen LogP contribution in [0, 0.1) is 0 Å². The van der Waals surface area contributed by atoms with Gasteiger partial charge in [0, 0.05) is 11.8 Å². The van der Waals surface area contributed by atoms with Crippen LogP contribution < -0.4 is 10.1 Å². The largest absolute Gasteiger partial charge is 0.496 e. The average Bonchev–Trinajstić information content (AvgIpc) is 3.08. The van der Waals surface area contributed by atoms with Gasteiger partial charge in [0.1, 0.15) is 5.75 Å². The molecule has 1 amide bonds. The van der Waals surface area contributed by atoms with Crippen molar-refractivity contribution in [2.75, 3.05) is 12.9 Å². The maximum Gasteiger partial charge on any atom is 0.417 e. The minimum Gasteiger partial charge on any atom is -0.496 e. The van der Waals surface area contributed by atoms with Crippen molar-refractivity contribution in [1.82, 2.24) is 19.9 Å². The number of methoxy groups -OCH3 is 1. The molecule has 6 nitrogen and oxygen atoms in total. The zero-order valence-electron chi connectivity index (χ0n) is 15.0. The van der Waals surface area contributed by atoms with E-state index in [0.717, 1.165) is 29.6 Å². The number of alkyl halides is 3. The third kappa shape index (κ3) is 4.38. The van der Waals surface area contributed by atoms with Crippen LogP contribution >= 0.6 is 11.8 Å². The molecular weight excluding hydrogens is 393 g/mol. The second kappa shape index (κ2) is 8.09. The summed E-state index contributed by atoms with van der Waals surface area (Å²) in [5.41, 5.74) is 0.292. The summed E-state index contributed by atoms with van der Waals surface area (Å²) < 4.78 is 45.2. The van der Waals surface area contributed by atoms with E-state index in [4.69, 9.17) is 4.74 Å². The number of carbonyl (C=O) groups excluding carboxylic acids is 1. The van der Waals surface area contributed by atoms with Crippen molar-refractivity contribution >= 4 is 23.3 Å². The highest BCUT2D eigenvalue weighted by Crippen LogP contribution is 2.30. The van der Waals surface area contributed by atoms with Crippen LogP contribution in [0.25, 0.3) is 5.65 Å². The van der Waals surface area contributed by atoms with Gasteiger partial charge in [-0.2, -0.15) is 13.2 Å². The highest BCUT2D eigenvalue weighted by Gasteiger charge is 2.31. The number of aromatic nitrogens is 3. The lowest BCUT2D eigenvalue weighted by atomic mass is 10.1. The van der Waals surface area contributed by atoms with Crippen molar-refractivity contribution in [1.29, 1.82) is 0 Å². The zero-order chi connectivity index (χ0) is 20.3. The number of rotatable bonds is 6. The average molecular weight is 410 g/mol. The number of nitrogens with one attached hydrogen (secondary N) is 1. The second-order valence-electron chi connectivity index (χ2n) is 5.95. The van der Waals surface area contributed by atoms with E-state index in [1.54, 1.807) is 13.2 Å². The van der Waals surface area contributed by atoms with Crippen LogP contribution in [0.5, 0.6) is 5.75 Å². The number of pyridine rings is 1. The number of benzene rings is 1. The third-order valence-corrected chi connectivity index (χ3v) is 4.96. The highest BCUT2D eigenvalue weighted by atomic mass is 32.2. The molecule has 0 saturated carbocycles. The Balaban J connectivity index is 1.67. The first-order valence-corrected chi connectivity index (χ1v) is 9.25. The molecule has 2 aromatic heterocycles. The van der Waals surface area contributed by atoms with Gasteiger partial charge in [-0.15, -0.1) is 10.2 Å². The summed E-state index contributed by atoms with van der Waals surface area (Å²) >= 11 is 1.01. The first-order valence-electron chi connectivity index (χ1n) is 8.26. The summed E-state index contributed by atoms with van der Waals surface area (Å²) in [5, 5.41) is 10.7. The smallest absolute Gasteiger partial charge is 0.417 e. The van der Waals surface area contributed by atoms with E-state index in [2.05, 4.69) is 15.5 Å². The molecule has 3 rings (SSSR count). The minimum atomic E-state index is -4.47. The molecule has 0 fully saturated rings. The predicted octanol–water partition coefficient (Wildman–Crippen LogP) is 3.73. The van der Waals surface area contributed by atoms with Gasteiger partial charge in [0.2, 0.25) is 5.91 Å². The van der Waals surface area contributed by atoms with Gasteiger partial charge >= 0.3 is 6.18 Å². The molecule has 1 N–H and O–H groups in total. The van der Waals surface area contributed by atoms with Gasteiger partial charge in [0.25, 0.3) is 0 Å². The zero-order valence-corrected chi connectivity index (χ0v) is 15.8. The van der Waals surface area contributed by atoms with Gasteiger partial charge in [0.15, 0.2) is 10.8 Å². The van der Waals surface area contributed by atoms with Crippen LogP contribution in [0.1, 0.15) is 24.1 Å². The quantitative estimate of drug-likeness (QED) is 0.628. The standard InChI is InChI=1S/C18H17F3N4O2S/c1-11(13-5-3-4-6-14(13)27-2)22-16(26)10-28-17-24-23-15-8-7-12(9-25(15)17)18(19,20)21/h3-9,11H,10H2,1-2H3,(H,22,26). The number of halogens is 3. The molecule has 28 heavy (non-hydrogen) atoms. The molecule has 148 valence electrons. The van der Waals surface area contributed by atoms with Crippen molar-refractivity contribution < 1.29 is 22.7 Å². The van der Waals surface area contributed by atoms with Crippen molar-refractivity contribution in [3.05, 3.63) is 53.7 Å². The van der Waals surface area contributed by atoms with Crippen LogP contribution in [0.4, 0.5) is 13.2 Å². The van der Waals surface area contributed by atoms with Crippen LogP contribution in [0.2, 0.25) is 0 Å². The molecule has 0 aliphatic carbocycles. The molecule has 0 saturated heterocycles. The Hall–Kier alpha value is -2.75. The Morgan fingerprint density at radius 1 is 1.25 bits per heavy atom. The third-order valence-electron chi connectivity index (χ3n) is 4.01. The van der Waals surface area contributed by atoms with E-state index >= 15 is 0 Å². The van der Waals surface area contributed by atoms with Gasteiger partial charge in [-0.3, -0.25) is 9.20 Å². The monoisotopic (exact) mass is 410 g/mol. The summed E-state index contributed by atoms with van der Waals surface area (Å²) in [7, 11) is 1.55. The van der Waals surface area contributed by atoms with Gasteiger partial charge in [-0.1, -0.05) is 30.0 Å². The molecule has 0 aliphatic rings. The number of carbonyl (C=O) groups is 1. The number of hydrogen-bond acceptors (Lipinski definition) is 5. The van der Waals surface area contributed by atoms with E-state index in [0.29, 0.717) is 5.75 Å². The number of ether oxygens (including phenoxy) is 1. The minimum absolute atomic E-state index is 0.0173. The van der Waals surface area contributed by atoms with Crippen LogP contribution in [0.15, 0.2) is 47.8 Å². The highest BCUT2D eigenvalue weighted by molar-refractivity contribution is 7.99. The van der Waals surface area contributed by atoms with Gasteiger partial charge in [0.05, 0.1) is 24.5 Å². The maximum atomic E-state index is 12.9. The molecule has 0 bridgehead atoms. The fourth-order valence-corrected chi connectivity index (χ4v) is 3.38. The predicted molar refractivity (Wildman–Crippen MR) is 98.3 cm³/mol. The SMILES string of the molecule is COc1ccccc1C(C)NC(=O)CSc1nnc2ccc(C(F)(F)F)cn12. The normalized spacial score (nSPS) is 12.8. The lowest BCUT2D eigenvalue weighted by Crippen LogP contribution is -2.28. The number of nitrogens with zero attached hydrogens (tertiary/aromatic N) is 3. The Morgan fingerprint density at radius 2 is 2.00 bits per heavy atom. The first-order chi connectivity index (χ1) is 13.3. The number of hydrogen-bond donors (Lipinski definition) is 1. The van der Waals surface area contributed by atoms with E-state index < -0.39 is 11.7 Å². The number of thioether (sulfide) groups is 1. The molecule has 10 heteroatoms. The Kier molecular flexibility index (Phi) is 5.78. The molecule has 0 aliphatic heterocycles. The Labute approximate surface area is 163 Å². The number of fused-ring (bicyclic) bond motifs is 1. The van der Waals surface area contributed by atoms with Crippen molar-refractivity contribution in [2.45, 2.75) is 24.3 Å². The van der Waals surface area contributed by atoms with E-state index in [1.165, 1.54) is 10.5 Å². The molecule has 1 atom stereocenters. The molecular formula is C18H17F3N4O2S. The van der Waals surface area contributed by atoms with Gasteiger partial charge in [-0.05, 0) is 25.1 Å². The number of para-hydroxylation sites is 1. The van der Waals surface area contributed by atoms with Crippen molar-refractivity contribution in [3.8, 4) is 5.75 Å². The van der Waals surface area contributed by atoms with E-state index in [9.17, 15) is 18.0 Å². The van der Waals surface area contributed by atoms with Crippen LogP contribution in [0.3, 0.4) is 0 Å². The molecule has 0 spiro atoms. The van der Waals surface area contributed by atoms with E-state index in [-0.39, 0.29) is 28.5 Å². The Morgan fingerprint density at radius 3 is 2.71 bits per heavy atom.